The molecule has 0 aromatic heterocycles. The van der Waals surface area contributed by atoms with E-state index in [2.05, 4.69) is 37.9 Å². The van der Waals surface area contributed by atoms with Gasteiger partial charge in [-0.05, 0) is 83.6 Å². The topological polar surface area (TPSA) is 84.5 Å². The molecular weight excluding hydrogens is 514 g/mol. The zero-order chi connectivity index (χ0) is 30.7. The predicted octanol–water partition coefficient (Wildman–Crippen LogP) is 8.58. The Morgan fingerprint density at radius 3 is 1.19 bits per heavy atom. The van der Waals surface area contributed by atoms with Crippen LogP contribution in [-0.2, 0) is 0 Å². The standard InChI is InChI=1S/C7H14.C7H8.2C6H13N.C6H7N.C5H12N2/c3*1-7-5-3-2-4-6-7;2*7-6-4-2-1-3-5-6;6-7-4-2-1-3-5-7/h7H,2-6H2,1H3;2-6H,1H3;2-6H2,1H3;6H,1-5,7H2;1-5H,7H2;1-6H2. The molecule has 2 heterocycles. The lowest BCUT2D eigenvalue weighted by Gasteiger charge is -2.20. The number of hydrazine groups is 1. The first-order valence-electron chi connectivity index (χ1n) is 17.1. The Labute approximate surface area is 260 Å². The zero-order valence-corrected chi connectivity index (χ0v) is 27.7. The number of nitrogens with zero attached hydrogens (tertiary/aromatic N) is 2. The summed E-state index contributed by atoms with van der Waals surface area (Å²) < 4.78 is 0. The van der Waals surface area contributed by atoms with E-state index in [9.17, 15) is 0 Å². The van der Waals surface area contributed by atoms with Crippen LogP contribution < -0.4 is 17.3 Å². The van der Waals surface area contributed by atoms with Crippen molar-refractivity contribution in [2.45, 2.75) is 123 Å². The smallest absolute Gasteiger partial charge is 0.0313 e. The molecule has 0 radical (unpaired) electrons. The van der Waals surface area contributed by atoms with Gasteiger partial charge in [-0.2, -0.15) is 0 Å². The fourth-order valence-electron chi connectivity index (χ4n) is 5.40. The molecule has 4 fully saturated rings. The van der Waals surface area contributed by atoms with Gasteiger partial charge in [-0.15, -0.1) is 0 Å². The molecule has 6 N–H and O–H groups in total. The molecule has 2 aliphatic heterocycles. The molecule has 0 bridgehead atoms. The van der Waals surface area contributed by atoms with E-state index in [4.69, 9.17) is 17.3 Å². The van der Waals surface area contributed by atoms with E-state index in [1.807, 2.05) is 53.5 Å². The molecule has 2 aromatic carbocycles. The summed E-state index contributed by atoms with van der Waals surface area (Å²) in [5.74, 6) is 6.50. The number of para-hydroxylation sites is 1. The molecule has 2 aliphatic carbocycles. The number of rotatable bonds is 0. The van der Waals surface area contributed by atoms with Crippen LogP contribution in [0.1, 0.15) is 115 Å². The minimum atomic E-state index is 0.536. The number of likely N-dealkylation sites (tertiary alicyclic amines) is 1. The summed E-state index contributed by atoms with van der Waals surface area (Å²) in [6.45, 7) is 9.28. The molecule has 2 aromatic rings. The molecular formula is C37H67N5. The van der Waals surface area contributed by atoms with Crippen molar-refractivity contribution in [2.75, 3.05) is 39.0 Å². The van der Waals surface area contributed by atoms with E-state index in [1.54, 1.807) is 0 Å². The summed E-state index contributed by atoms with van der Waals surface area (Å²) in [6, 6.07) is 20.3. The first-order chi connectivity index (χ1) is 20.4. The third-order valence-corrected chi connectivity index (χ3v) is 8.25. The Kier molecular flexibility index (Phi) is 24.2. The van der Waals surface area contributed by atoms with Gasteiger partial charge in [0.05, 0.1) is 0 Å². The fourth-order valence-corrected chi connectivity index (χ4v) is 5.40. The van der Waals surface area contributed by atoms with Crippen LogP contribution in [0.4, 0.5) is 5.69 Å². The summed E-state index contributed by atoms with van der Waals surface area (Å²) in [4.78, 5) is 2.39. The van der Waals surface area contributed by atoms with Crippen molar-refractivity contribution in [3.05, 3.63) is 66.2 Å². The van der Waals surface area contributed by atoms with Gasteiger partial charge in [0.1, 0.15) is 0 Å². The van der Waals surface area contributed by atoms with Gasteiger partial charge in [-0.3, -0.25) is 5.84 Å². The maximum Gasteiger partial charge on any atom is 0.0313 e. The number of aryl methyl sites for hydroxylation is 1. The Morgan fingerprint density at radius 1 is 0.571 bits per heavy atom. The molecule has 42 heavy (non-hydrogen) atoms. The predicted molar refractivity (Wildman–Crippen MR) is 186 cm³/mol. The van der Waals surface area contributed by atoms with E-state index < -0.39 is 0 Å². The van der Waals surface area contributed by atoms with Gasteiger partial charge < -0.3 is 16.4 Å². The Balaban J connectivity index is 0.000000252. The van der Waals surface area contributed by atoms with Crippen LogP contribution in [0.2, 0.25) is 0 Å². The second-order valence-electron chi connectivity index (χ2n) is 12.7. The molecule has 0 unspecified atom stereocenters. The monoisotopic (exact) mass is 582 g/mol. The molecule has 0 amide bonds. The number of nitrogens with two attached hydrogens (primary N) is 3. The maximum atomic E-state index is 5.63. The first-order valence-corrected chi connectivity index (χ1v) is 17.1. The fraction of sp³-hybridized carbons (Fsp3) is 0.676. The lowest BCUT2D eigenvalue weighted by atomic mass is 9.91. The number of hydrogen-bond acceptors (Lipinski definition) is 5. The second kappa shape index (κ2) is 26.7. The van der Waals surface area contributed by atoms with Crippen molar-refractivity contribution in [3.8, 4) is 0 Å². The highest BCUT2D eigenvalue weighted by Gasteiger charge is 2.07. The summed E-state index contributed by atoms with van der Waals surface area (Å²) in [5, 5.41) is 1.89. The Hall–Kier alpha value is -1.92. The summed E-state index contributed by atoms with van der Waals surface area (Å²) in [6.07, 6.45) is 22.3. The normalized spacial score (nSPS) is 19.7. The van der Waals surface area contributed by atoms with Crippen LogP contribution >= 0.6 is 0 Å². The third kappa shape index (κ3) is 24.7. The van der Waals surface area contributed by atoms with Crippen LogP contribution in [0.25, 0.3) is 0 Å². The van der Waals surface area contributed by atoms with Gasteiger partial charge in [-0.1, -0.05) is 125 Å². The van der Waals surface area contributed by atoms with E-state index >= 15 is 0 Å². The van der Waals surface area contributed by atoms with E-state index in [1.165, 1.54) is 121 Å². The van der Waals surface area contributed by atoms with Crippen LogP contribution in [0.15, 0.2) is 60.7 Å². The van der Waals surface area contributed by atoms with Gasteiger partial charge in [0.15, 0.2) is 0 Å². The highest BCUT2D eigenvalue weighted by Crippen LogP contribution is 2.22. The van der Waals surface area contributed by atoms with Crippen molar-refractivity contribution in [1.29, 1.82) is 0 Å². The molecule has 6 rings (SSSR count). The van der Waals surface area contributed by atoms with Gasteiger partial charge >= 0.3 is 0 Å². The number of hydrogen-bond donors (Lipinski definition) is 3. The summed E-state index contributed by atoms with van der Waals surface area (Å²) >= 11 is 0. The number of anilines is 1. The first kappa shape index (κ1) is 38.1. The number of piperidine rings is 2. The number of benzene rings is 2. The van der Waals surface area contributed by atoms with Gasteiger partial charge in [-0.25, -0.2) is 5.01 Å². The average Bonchev–Trinajstić information content (AvgIpc) is 3.01. The van der Waals surface area contributed by atoms with E-state index in [0.717, 1.165) is 24.7 Å². The summed E-state index contributed by atoms with van der Waals surface area (Å²) in [5.41, 5.74) is 13.1. The van der Waals surface area contributed by atoms with Crippen LogP contribution in [0.3, 0.4) is 0 Å². The Morgan fingerprint density at radius 2 is 0.976 bits per heavy atom. The maximum absolute atomic E-state index is 5.63. The average molecular weight is 582 g/mol. The molecule has 2 saturated heterocycles. The lowest BCUT2D eigenvalue weighted by molar-refractivity contribution is 0.235. The van der Waals surface area contributed by atoms with Crippen molar-refractivity contribution in [3.63, 3.8) is 0 Å². The van der Waals surface area contributed by atoms with Crippen molar-refractivity contribution < 1.29 is 0 Å². The van der Waals surface area contributed by atoms with Crippen LogP contribution in [0.5, 0.6) is 0 Å². The molecule has 240 valence electrons. The largest absolute Gasteiger partial charge is 0.399 e. The number of nitrogen functional groups attached to an aromatic ring is 1. The molecule has 5 heteroatoms. The van der Waals surface area contributed by atoms with E-state index in [-0.39, 0.29) is 0 Å². The summed E-state index contributed by atoms with van der Waals surface area (Å²) in [7, 11) is 2.19. The van der Waals surface area contributed by atoms with Gasteiger partial charge in [0.25, 0.3) is 0 Å². The molecule has 5 nitrogen and oxygen atoms in total. The minimum Gasteiger partial charge on any atom is -0.399 e. The van der Waals surface area contributed by atoms with E-state index in [0.29, 0.717) is 6.04 Å². The van der Waals surface area contributed by atoms with Gasteiger partial charge in [0, 0.05) is 24.8 Å². The van der Waals surface area contributed by atoms with Crippen LogP contribution in [0, 0.1) is 12.8 Å². The third-order valence-electron chi connectivity index (χ3n) is 8.25. The minimum absolute atomic E-state index is 0.536. The van der Waals surface area contributed by atoms with Crippen LogP contribution in [-0.4, -0.2) is 49.2 Å². The highest BCUT2D eigenvalue weighted by atomic mass is 15.4. The quantitative estimate of drug-likeness (QED) is 0.214. The van der Waals surface area contributed by atoms with Crippen molar-refractivity contribution >= 4 is 5.69 Å². The highest BCUT2D eigenvalue weighted by molar-refractivity contribution is 5.35. The molecule has 0 atom stereocenters. The van der Waals surface area contributed by atoms with Gasteiger partial charge in [0.2, 0.25) is 0 Å². The Bertz CT molecular complexity index is 690. The molecule has 2 saturated carbocycles. The molecule has 4 aliphatic rings. The van der Waals surface area contributed by atoms with Crippen molar-refractivity contribution in [1.82, 2.24) is 9.91 Å². The lowest BCUT2D eigenvalue weighted by Crippen LogP contribution is -2.35. The molecule has 0 spiro atoms. The van der Waals surface area contributed by atoms with Crippen molar-refractivity contribution in [2.24, 2.45) is 17.5 Å². The second-order valence-corrected chi connectivity index (χ2v) is 12.7. The zero-order valence-electron chi connectivity index (χ0n) is 27.7. The SMILES string of the molecule is CC1CCCCC1.CN1CCCCC1.Cc1ccccc1.NC1CCCCC1.NN1CCCCC1.Nc1ccccc1.